The first-order chi connectivity index (χ1) is 9.35. The molecule has 0 radical (unpaired) electrons. The molecule has 2 rings (SSSR count). The van der Waals surface area contributed by atoms with E-state index in [0.29, 0.717) is 19.5 Å². The first kappa shape index (κ1) is 15.3. The van der Waals surface area contributed by atoms with Gasteiger partial charge in [0.15, 0.2) is 0 Å². The number of nitrogens with zero attached hydrogens (tertiary/aromatic N) is 1. The van der Waals surface area contributed by atoms with Crippen LogP contribution in [-0.2, 0) is 9.59 Å². The van der Waals surface area contributed by atoms with Crippen LogP contribution < -0.4 is 0 Å². The highest BCUT2D eigenvalue weighted by molar-refractivity contribution is 5.84. The van der Waals surface area contributed by atoms with Gasteiger partial charge in [-0.15, -0.1) is 0 Å². The molecule has 0 bridgehead atoms. The van der Waals surface area contributed by atoms with E-state index in [1.54, 1.807) is 18.7 Å². The molecular formula is C15H25NO4. The standard InChI is InChI=1S/C15H25NO4/c1-10(11(2)14(18)19)13(17)16-8-7-15(20)6-4-3-5-12(15)9-16/h10-12,20H,3-9H2,1-2H3,(H,18,19). The van der Waals surface area contributed by atoms with Gasteiger partial charge < -0.3 is 15.1 Å². The molecule has 5 nitrogen and oxygen atoms in total. The summed E-state index contributed by atoms with van der Waals surface area (Å²) in [4.78, 5) is 25.2. The molecule has 0 aromatic rings. The molecule has 2 N–H and O–H groups in total. The van der Waals surface area contributed by atoms with Gasteiger partial charge in [0.25, 0.3) is 0 Å². The molecule has 2 aliphatic rings. The Bertz CT molecular complexity index is 397. The molecule has 2 fully saturated rings. The van der Waals surface area contributed by atoms with Crippen LogP contribution in [-0.4, -0.2) is 45.7 Å². The smallest absolute Gasteiger partial charge is 0.307 e. The molecule has 1 heterocycles. The molecule has 0 spiro atoms. The summed E-state index contributed by atoms with van der Waals surface area (Å²) in [6.07, 6.45) is 4.59. The lowest BCUT2D eigenvalue weighted by Crippen LogP contribution is -2.55. The third-order valence-corrected chi connectivity index (χ3v) is 5.27. The molecule has 1 aliphatic carbocycles. The SMILES string of the molecule is CC(C(=O)O)C(C)C(=O)N1CCC2(O)CCCCC2C1. The minimum absolute atomic E-state index is 0.0903. The number of rotatable bonds is 3. The number of carbonyl (C=O) groups excluding carboxylic acids is 1. The van der Waals surface area contributed by atoms with E-state index in [4.69, 9.17) is 5.11 Å². The summed E-state index contributed by atoms with van der Waals surface area (Å²) in [5, 5.41) is 19.6. The normalized spacial score (nSPS) is 33.1. The van der Waals surface area contributed by atoms with Crippen molar-refractivity contribution >= 4 is 11.9 Å². The van der Waals surface area contributed by atoms with Crippen LogP contribution in [0.3, 0.4) is 0 Å². The van der Waals surface area contributed by atoms with Crippen molar-refractivity contribution in [3.05, 3.63) is 0 Å². The Hall–Kier alpha value is -1.10. The summed E-state index contributed by atoms with van der Waals surface area (Å²) in [5.41, 5.74) is -0.601. The number of aliphatic carboxylic acids is 1. The molecule has 4 unspecified atom stereocenters. The molecule has 114 valence electrons. The van der Waals surface area contributed by atoms with E-state index in [1.807, 2.05) is 0 Å². The van der Waals surface area contributed by atoms with Crippen LogP contribution in [0, 0.1) is 17.8 Å². The average Bonchev–Trinajstić information content (AvgIpc) is 2.43. The van der Waals surface area contributed by atoms with Gasteiger partial charge in [-0.05, 0) is 19.3 Å². The first-order valence-electron chi connectivity index (χ1n) is 7.59. The number of carbonyl (C=O) groups is 2. The molecule has 0 aromatic carbocycles. The topological polar surface area (TPSA) is 77.8 Å². The fraction of sp³-hybridized carbons (Fsp3) is 0.867. The van der Waals surface area contributed by atoms with Crippen molar-refractivity contribution in [2.45, 2.75) is 51.6 Å². The van der Waals surface area contributed by atoms with Gasteiger partial charge in [-0.25, -0.2) is 0 Å². The Kier molecular flexibility index (Phi) is 4.37. The lowest BCUT2D eigenvalue weighted by Gasteiger charge is -2.48. The van der Waals surface area contributed by atoms with Crippen LogP contribution in [0.15, 0.2) is 0 Å². The summed E-state index contributed by atoms with van der Waals surface area (Å²) >= 11 is 0. The van der Waals surface area contributed by atoms with E-state index < -0.39 is 23.4 Å². The lowest BCUT2D eigenvalue weighted by molar-refractivity contribution is -0.154. The molecule has 1 saturated carbocycles. The number of carboxylic acids is 1. The highest BCUT2D eigenvalue weighted by atomic mass is 16.4. The van der Waals surface area contributed by atoms with E-state index in [-0.39, 0.29) is 11.8 Å². The van der Waals surface area contributed by atoms with Gasteiger partial charge in [-0.2, -0.15) is 0 Å². The number of carboxylic acid groups (broad SMARTS) is 1. The summed E-state index contributed by atoms with van der Waals surface area (Å²) in [5.74, 6) is -2.05. The van der Waals surface area contributed by atoms with Crippen LogP contribution >= 0.6 is 0 Å². The van der Waals surface area contributed by atoms with Gasteiger partial charge >= 0.3 is 5.97 Å². The van der Waals surface area contributed by atoms with Crippen LogP contribution in [0.25, 0.3) is 0 Å². The predicted octanol–water partition coefficient (Wildman–Crippen LogP) is 1.50. The number of hydrogen-bond acceptors (Lipinski definition) is 3. The number of fused-ring (bicyclic) bond motifs is 1. The summed E-state index contributed by atoms with van der Waals surface area (Å²) in [6, 6.07) is 0. The maximum atomic E-state index is 12.4. The van der Waals surface area contributed by atoms with Gasteiger partial charge in [-0.3, -0.25) is 9.59 Å². The van der Waals surface area contributed by atoms with E-state index >= 15 is 0 Å². The molecule has 20 heavy (non-hydrogen) atoms. The zero-order chi connectivity index (χ0) is 14.9. The van der Waals surface area contributed by atoms with Crippen LogP contribution in [0.5, 0.6) is 0 Å². The highest BCUT2D eigenvalue weighted by Gasteiger charge is 2.44. The number of amides is 1. The number of hydrogen-bond donors (Lipinski definition) is 2. The molecular weight excluding hydrogens is 258 g/mol. The Morgan fingerprint density at radius 2 is 1.90 bits per heavy atom. The van der Waals surface area contributed by atoms with Crippen LogP contribution in [0.1, 0.15) is 46.0 Å². The Labute approximate surface area is 120 Å². The third kappa shape index (κ3) is 2.82. The maximum Gasteiger partial charge on any atom is 0.307 e. The Balaban J connectivity index is 2.01. The molecule has 0 aromatic heterocycles. The van der Waals surface area contributed by atoms with E-state index in [9.17, 15) is 14.7 Å². The molecule has 1 amide bonds. The second-order valence-electron chi connectivity index (χ2n) is 6.50. The zero-order valence-corrected chi connectivity index (χ0v) is 12.3. The average molecular weight is 283 g/mol. The molecule has 1 aliphatic heterocycles. The summed E-state index contributed by atoms with van der Waals surface area (Å²) in [7, 11) is 0. The van der Waals surface area contributed by atoms with E-state index in [2.05, 4.69) is 0 Å². The van der Waals surface area contributed by atoms with Gasteiger partial charge in [0.1, 0.15) is 0 Å². The Morgan fingerprint density at radius 1 is 1.20 bits per heavy atom. The van der Waals surface area contributed by atoms with Crippen molar-refractivity contribution < 1.29 is 19.8 Å². The summed E-state index contributed by atoms with van der Waals surface area (Å²) < 4.78 is 0. The predicted molar refractivity (Wildman–Crippen MR) is 74.1 cm³/mol. The van der Waals surface area contributed by atoms with E-state index in [0.717, 1.165) is 25.7 Å². The fourth-order valence-corrected chi connectivity index (χ4v) is 3.49. The van der Waals surface area contributed by atoms with Crippen molar-refractivity contribution in [3.63, 3.8) is 0 Å². The molecule has 5 heteroatoms. The number of aliphatic hydroxyl groups is 1. The zero-order valence-electron chi connectivity index (χ0n) is 12.3. The molecule has 1 saturated heterocycles. The van der Waals surface area contributed by atoms with Crippen molar-refractivity contribution in [1.29, 1.82) is 0 Å². The quantitative estimate of drug-likeness (QED) is 0.822. The van der Waals surface area contributed by atoms with Crippen LogP contribution in [0.4, 0.5) is 0 Å². The monoisotopic (exact) mass is 283 g/mol. The van der Waals surface area contributed by atoms with Crippen molar-refractivity contribution in [1.82, 2.24) is 4.90 Å². The van der Waals surface area contributed by atoms with E-state index in [1.165, 1.54) is 0 Å². The van der Waals surface area contributed by atoms with Crippen molar-refractivity contribution in [3.8, 4) is 0 Å². The Morgan fingerprint density at radius 3 is 2.55 bits per heavy atom. The third-order valence-electron chi connectivity index (χ3n) is 5.27. The molecule has 4 atom stereocenters. The van der Waals surface area contributed by atoms with Gasteiger partial charge in [-0.1, -0.05) is 26.7 Å². The van der Waals surface area contributed by atoms with Crippen molar-refractivity contribution in [2.24, 2.45) is 17.8 Å². The largest absolute Gasteiger partial charge is 0.481 e. The van der Waals surface area contributed by atoms with Gasteiger partial charge in [0, 0.05) is 24.9 Å². The van der Waals surface area contributed by atoms with Gasteiger partial charge in [0.05, 0.1) is 11.5 Å². The highest BCUT2D eigenvalue weighted by Crippen LogP contribution is 2.40. The van der Waals surface area contributed by atoms with Crippen molar-refractivity contribution in [2.75, 3.05) is 13.1 Å². The first-order valence-corrected chi connectivity index (χ1v) is 7.59. The number of piperidine rings is 1. The fourth-order valence-electron chi connectivity index (χ4n) is 3.49. The van der Waals surface area contributed by atoms with Crippen LogP contribution in [0.2, 0.25) is 0 Å². The second kappa shape index (κ2) is 5.72. The summed E-state index contributed by atoms with van der Waals surface area (Å²) in [6.45, 7) is 4.38. The lowest BCUT2D eigenvalue weighted by atomic mass is 9.71. The minimum atomic E-state index is -0.933. The van der Waals surface area contributed by atoms with Gasteiger partial charge in [0.2, 0.25) is 5.91 Å². The maximum absolute atomic E-state index is 12.4. The number of likely N-dealkylation sites (tertiary alicyclic amines) is 1. The minimum Gasteiger partial charge on any atom is -0.481 e. The second-order valence-corrected chi connectivity index (χ2v) is 6.50.